The highest BCUT2D eigenvalue weighted by atomic mass is 16.1. The summed E-state index contributed by atoms with van der Waals surface area (Å²) in [6.45, 7) is 7.69. The number of hydrogen-bond donors (Lipinski definition) is 2. The molecule has 104 valence electrons. The maximum atomic E-state index is 11.1. The number of benzene rings is 1. The summed E-state index contributed by atoms with van der Waals surface area (Å²) >= 11 is 0. The topological polar surface area (TPSA) is 72.3 Å². The van der Waals surface area contributed by atoms with E-state index in [-0.39, 0.29) is 0 Å². The smallest absolute Gasteiger partial charge is 0.248 e. The fourth-order valence-electron chi connectivity index (χ4n) is 2.45. The average molecular weight is 261 g/mol. The maximum absolute atomic E-state index is 11.1. The second-order valence-corrected chi connectivity index (χ2v) is 6.22. The van der Waals surface area contributed by atoms with Crippen molar-refractivity contribution < 1.29 is 4.79 Å². The first-order chi connectivity index (χ1) is 8.87. The van der Waals surface area contributed by atoms with Crippen molar-refractivity contribution in [2.75, 3.05) is 18.8 Å². The van der Waals surface area contributed by atoms with Gasteiger partial charge in [0.1, 0.15) is 0 Å². The van der Waals surface area contributed by atoms with Crippen molar-refractivity contribution in [1.29, 1.82) is 0 Å². The molecule has 0 saturated carbocycles. The van der Waals surface area contributed by atoms with Crippen molar-refractivity contribution in [3.05, 3.63) is 29.3 Å². The predicted molar refractivity (Wildman–Crippen MR) is 77.7 cm³/mol. The summed E-state index contributed by atoms with van der Waals surface area (Å²) in [5.41, 5.74) is 13.9. The van der Waals surface area contributed by atoms with E-state index in [2.05, 4.69) is 18.7 Å². The standard InChI is InChI=1S/C15H23N3O/c1-15(2)5-7-18(8-6-15)10-12-4-3-11(14(17)19)9-13(12)16/h3-4,9H,5-8,10,16H2,1-2H3,(H2,17,19). The summed E-state index contributed by atoms with van der Waals surface area (Å²) in [6.07, 6.45) is 2.43. The lowest BCUT2D eigenvalue weighted by molar-refractivity contribution is 0.1000. The molecular weight excluding hydrogens is 238 g/mol. The Bertz CT molecular complexity index is 472. The Kier molecular flexibility index (Phi) is 3.80. The molecule has 4 heteroatoms. The van der Waals surface area contributed by atoms with Crippen LogP contribution in [0.4, 0.5) is 5.69 Å². The Morgan fingerprint density at radius 1 is 1.32 bits per heavy atom. The molecule has 0 bridgehead atoms. The first kappa shape index (κ1) is 13.9. The minimum atomic E-state index is -0.432. The SMILES string of the molecule is CC1(C)CCN(Cc2ccc(C(N)=O)cc2N)CC1. The van der Waals surface area contributed by atoms with Crippen molar-refractivity contribution in [1.82, 2.24) is 4.90 Å². The molecule has 0 atom stereocenters. The Labute approximate surface area is 114 Å². The first-order valence-electron chi connectivity index (χ1n) is 6.78. The fraction of sp³-hybridized carbons (Fsp3) is 0.533. The van der Waals surface area contributed by atoms with Gasteiger partial charge in [-0.1, -0.05) is 19.9 Å². The fourth-order valence-corrected chi connectivity index (χ4v) is 2.45. The molecule has 0 spiro atoms. The van der Waals surface area contributed by atoms with E-state index >= 15 is 0 Å². The van der Waals surface area contributed by atoms with Gasteiger partial charge in [0.25, 0.3) is 0 Å². The predicted octanol–water partition coefficient (Wildman–Crippen LogP) is 1.99. The van der Waals surface area contributed by atoms with Gasteiger partial charge in [0.15, 0.2) is 0 Å². The zero-order valence-electron chi connectivity index (χ0n) is 11.8. The molecule has 4 N–H and O–H groups in total. The van der Waals surface area contributed by atoms with Crippen molar-refractivity contribution in [3.8, 4) is 0 Å². The Balaban J connectivity index is 2.02. The van der Waals surface area contributed by atoms with E-state index in [0.29, 0.717) is 16.7 Å². The van der Waals surface area contributed by atoms with Crippen LogP contribution in [0.3, 0.4) is 0 Å². The number of piperidine rings is 1. The van der Waals surface area contributed by atoms with Crippen LogP contribution < -0.4 is 11.5 Å². The number of hydrogen-bond acceptors (Lipinski definition) is 3. The molecule has 1 fully saturated rings. The summed E-state index contributed by atoms with van der Waals surface area (Å²) in [7, 11) is 0. The molecule has 0 aliphatic carbocycles. The second-order valence-electron chi connectivity index (χ2n) is 6.22. The molecule has 4 nitrogen and oxygen atoms in total. The molecule has 1 aromatic carbocycles. The van der Waals surface area contributed by atoms with Gasteiger partial charge in [-0.2, -0.15) is 0 Å². The number of carbonyl (C=O) groups is 1. The lowest BCUT2D eigenvalue weighted by atomic mass is 9.82. The van der Waals surface area contributed by atoms with E-state index < -0.39 is 5.91 Å². The van der Waals surface area contributed by atoms with Crippen LogP contribution in [0.2, 0.25) is 0 Å². The van der Waals surface area contributed by atoms with Gasteiger partial charge in [0.2, 0.25) is 5.91 Å². The van der Waals surface area contributed by atoms with E-state index in [4.69, 9.17) is 11.5 Å². The molecule has 0 radical (unpaired) electrons. The summed E-state index contributed by atoms with van der Waals surface area (Å²) in [5, 5.41) is 0. The number of likely N-dealkylation sites (tertiary alicyclic amines) is 1. The lowest BCUT2D eigenvalue weighted by Crippen LogP contribution is -2.36. The number of nitrogen functional groups attached to an aromatic ring is 1. The highest BCUT2D eigenvalue weighted by molar-refractivity contribution is 5.93. The van der Waals surface area contributed by atoms with Gasteiger partial charge >= 0.3 is 0 Å². The quantitative estimate of drug-likeness (QED) is 0.817. The monoisotopic (exact) mass is 261 g/mol. The van der Waals surface area contributed by atoms with Crippen LogP contribution in [-0.4, -0.2) is 23.9 Å². The van der Waals surface area contributed by atoms with E-state index in [0.717, 1.165) is 25.2 Å². The van der Waals surface area contributed by atoms with Gasteiger partial charge in [-0.05, 0) is 49.0 Å². The third kappa shape index (κ3) is 3.47. The van der Waals surface area contributed by atoms with Crippen molar-refractivity contribution in [2.45, 2.75) is 33.2 Å². The highest BCUT2D eigenvalue weighted by Gasteiger charge is 2.25. The third-order valence-electron chi connectivity index (χ3n) is 4.03. The number of anilines is 1. The minimum absolute atomic E-state index is 0.432. The van der Waals surface area contributed by atoms with Crippen LogP contribution in [-0.2, 0) is 6.54 Å². The van der Waals surface area contributed by atoms with Gasteiger partial charge in [-0.25, -0.2) is 0 Å². The summed E-state index contributed by atoms with van der Waals surface area (Å²) < 4.78 is 0. The number of nitrogens with two attached hydrogens (primary N) is 2. The van der Waals surface area contributed by atoms with Gasteiger partial charge in [0, 0.05) is 17.8 Å². The molecule has 0 unspecified atom stereocenters. The summed E-state index contributed by atoms with van der Waals surface area (Å²) in [5.74, 6) is -0.432. The highest BCUT2D eigenvalue weighted by Crippen LogP contribution is 2.30. The van der Waals surface area contributed by atoms with Crippen LogP contribution in [0.1, 0.15) is 42.6 Å². The molecule has 1 aliphatic heterocycles. The van der Waals surface area contributed by atoms with Crippen LogP contribution in [0.5, 0.6) is 0 Å². The molecule has 1 heterocycles. The maximum Gasteiger partial charge on any atom is 0.248 e. The Hall–Kier alpha value is -1.55. The van der Waals surface area contributed by atoms with Gasteiger partial charge < -0.3 is 11.5 Å². The number of primary amides is 1. The molecular formula is C15H23N3O. The lowest BCUT2D eigenvalue weighted by Gasteiger charge is -2.37. The molecule has 1 amide bonds. The van der Waals surface area contributed by atoms with Gasteiger partial charge in [-0.15, -0.1) is 0 Å². The van der Waals surface area contributed by atoms with E-state index in [1.165, 1.54) is 12.8 Å². The number of carbonyl (C=O) groups excluding carboxylic acids is 1. The first-order valence-corrected chi connectivity index (χ1v) is 6.78. The minimum Gasteiger partial charge on any atom is -0.398 e. The molecule has 1 aliphatic rings. The van der Waals surface area contributed by atoms with Crippen LogP contribution >= 0.6 is 0 Å². The van der Waals surface area contributed by atoms with Crippen molar-refractivity contribution in [2.24, 2.45) is 11.1 Å². The Morgan fingerprint density at radius 2 is 1.95 bits per heavy atom. The number of amides is 1. The zero-order valence-corrected chi connectivity index (χ0v) is 11.8. The molecule has 1 aromatic rings. The number of nitrogens with zero attached hydrogens (tertiary/aromatic N) is 1. The van der Waals surface area contributed by atoms with Crippen LogP contribution in [0, 0.1) is 5.41 Å². The molecule has 1 saturated heterocycles. The zero-order chi connectivity index (χ0) is 14.0. The molecule has 0 aromatic heterocycles. The van der Waals surface area contributed by atoms with E-state index in [1.54, 1.807) is 12.1 Å². The van der Waals surface area contributed by atoms with E-state index in [1.807, 2.05) is 6.07 Å². The van der Waals surface area contributed by atoms with E-state index in [9.17, 15) is 4.79 Å². The number of rotatable bonds is 3. The average Bonchev–Trinajstić information content (AvgIpc) is 2.34. The largest absolute Gasteiger partial charge is 0.398 e. The van der Waals surface area contributed by atoms with Crippen molar-refractivity contribution >= 4 is 11.6 Å². The third-order valence-corrected chi connectivity index (χ3v) is 4.03. The van der Waals surface area contributed by atoms with Gasteiger partial charge in [-0.3, -0.25) is 9.69 Å². The van der Waals surface area contributed by atoms with Crippen molar-refractivity contribution in [3.63, 3.8) is 0 Å². The second kappa shape index (κ2) is 5.21. The van der Waals surface area contributed by atoms with Crippen LogP contribution in [0.25, 0.3) is 0 Å². The molecule has 19 heavy (non-hydrogen) atoms. The Morgan fingerprint density at radius 3 is 2.47 bits per heavy atom. The molecule has 2 rings (SSSR count). The van der Waals surface area contributed by atoms with Crippen LogP contribution in [0.15, 0.2) is 18.2 Å². The summed E-state index contributed by atoms with van der Waals surface area (Å²) in [4.78, 5) is 13.5. The van der Waals surface area contributed by atoms with Gasteiger partial charge in [0.05, 0.1) is 0 Å². The summed E-state index contributed by atoms with van der Waals surface area (Å²) in [6, 6.07) is 5.34. The normalized spacial score (nSPS) is 19.3.